The smallest absolute Gasteiger partial charge is 0.269 e. The predicted octanol–water partition coefficient (Wildman–Crippen LogP) is 3.16. The first-order valence-electron chi connectivity index (χ1n) is 4.48. The molecule has 0 amide bonds. The summed E-state index contributed by atoms with van der Waals surface area (Å²) in [6.07, 6.45) is 0. The maximum absolute atomic E-state index is 10.4. The van der Waals surface area contributed by atoms with Gasteiger partial charge in [0.25, 0.3) is 5.69 Å². The number of nitrogens with zero attached hydrogens (tertiary/aromatic N) is 1. The lowest BCUT2D eigenvalue weighted by molar-refractivity contribution is -0.384. The Balaban J connectivity index is 2.35. The van der Waals surface area contributed by atoms with Crippen molar-refractivity contribution in [3.63, 3.8) is 0 Å². The van der Waals surface area contributed by atoms with Crippen molar-refractivity contribution in [2.75, 3.05) is 0 Å². The van der Waals surface area contributed by atoms with Gasteiger partial charge in [-0.05, 0) is 31.2 Å². The average molecular weight is 203 g/mol. The van der Waals surface area contributed by atoms with Gasteiger partial charge in [-0.2, -0.15) is 0 Å². The van der Waals surface area contributed by atoms with Gasteiger partial charge in [0.05, 0.1) is 4.92 Å². The molecule has 0 bridgehead atoms. The highest BCUT2D eigenvalue weighted by molar-refractivity contribution is 5.59. The van der Waals surface area contributed by atoms with Gasteiger partial charge in [0, 0.05) is 17.7 Å². The fraction of sp³-hybridized carbons (Fsp3) is 0.0909. The molecule has 1 aromatic carbocycles. The maximum atomic E-state index is 10.4. The molecule has 2 aromatic rings. The second kappa shape index (κ2) is 3.57. The Bertz CT molecular complexity index is 485. The normalized spacial score (nSPS) is 10.2. The van der Waals surface area contributed by atoms with Gasteiger partial charge >= 0.3 is 0 Å². The summed E-state index contributed by atoms with van der Waals surface area (Å²) >= 11 is 0. The number of non-ortho nitro benzene ring substituents is 1. The van der Waals surface area contributed by atoms with Gasteiger partial charge in [-0.25, -0.2) is 0 Å². The van der Waals surface area contributed by atoms with E-state index in [1.165, 1.54) is 12.1 Å². The van der Waals surface area contributed by atoms with Crippen molar-refractivity contribution in [2.45, 2.75) is 6.92 Å². The lowest BCUT2D eigenvalue weighted by Gasteiger charge is -1.96. The van der Waals surface area contributed by atoms with Gasteiger partial charge in [-0.1, -0.05) is 0 Å². The number of benzene rings is 1. The first kappa shape index (κ1) is 9.45. The number of hydrogen-bond donors (Lipinski definition) is 0. The standard InChI is InChI=1S/C11H9NO3/c1-8-2-7-11(15-8)9-3-5-10(6-4-9)12(13)14/h2-7H,1H3. The van der Waals surface area contributed by atoms with E-state index in [1.807, 2.05) is 19.1 Å². The van der Waals surface area contributed by atoms with E-state index >= 15 is 0 Å². The Hall–Kier alpha value is -2.10. The molecule has 4 nitrogen and oxygen atoms in total. The van der Waals surface area contributed by atoms with Crippen LogP contribution in [0.4, 0.5) is 5.69 Å². The van der Waals surface area contributed by atoms with Gasteiger partial charge in [-0.15, -0.1) is 0 Å². The minimum atomic E-state index is -0.419. The third-order valence-electron chi connectivity index (χ3n) is 2.10. The van der Waals surface area contributed by atoms with Crippen LogP contribution in [0.3, 0.4) is 0 Å². The fourth-order valence-electron chi connectivity index (χ4n) is 1.34. The Kier molecular flexibility index (Phi) is 2.25. The quantitative estimate of drug-likeness (QED) is 0.556. The second-order valence-electron chi connectivity index (χ2n) is 3.21. The van der Waals surface area contributed by atoms with Crippen LogP contribution in [-0.2, 0) is 0 Å². The van der Waals surface area contributed by atoms with Crippen LogP contribution in [-0.4, -0.2) is 4.92 Å². The molecule has 15 heavy (non-hydrogen) atoms. The summed E-state index contributed by atoms with van der Waals surface area (Å²) in [6.45, 7) is 1.86. The minimum Gasteiger partial charge on any atom is -0.461 e. The molecule has 1 aromatic heterocycles. The summed E-state index contributed by atoms with van der Waals surface area (Å²) in [4.78, 5) is 10.0. The van der Waals surface area contributed by atoms with Crippen LogP contribution in [0.1, 0.15) is 5.76 Å². The number of hydrogen-bond acceptors (Lipinski definition) is 3. The highest BCUT2D eigenvalue weighted by Crippen LogP contribution is 2.23. The number of aryl methyl sites for hydroxylation is 1. The third kappa shape index (κ3) is 1.88. The van der Waals surface area contributed by atoms with Crippen molar-refractivity contribution in [3.05, 3.63) is 52.3 Å². The molecule has 0 radical (unpaired) electrons. The van der Waals surface area contributed by atoms with Crippen molar-refractivity contribution < 1.29 is 9.34 Å². The Morgan fingerprint density at radius 1 is 1.13 bits per heavy atom. The zero-order valence-electron chi connectivity index (χ0n) is 8.14. The molecule has 0 aliphatic heterocycles. The molecule has 4 heteroatoms. The predicted molar refractivity (Wildman–Crippen MR) is 55.5 cm³/mol. The SMILES string of the molecule is Cc1ccc(-c2ccc([N+](=O)[O-])cc2)o1. The second-order valence-corrected chi connectivity index (χ2v) is 3.21. The van der Waals surface area contributed by atoms with Crippen molar-refractivity contribution in [3.8, 4) is 11.3 Å². The summed E-state index contributed by atoms with van der Waals surface area (Å²) < 4.78 is 5.40. The van der Waals surface area contributed by atoms with E-state index in [2.05, 4.69) is 0 Å². The first-order chi connectivity index (χ1) is 7.16. The molecule has 0 saturated carbocycles. The van der Waals surface area contributed by atoms with Crippen LogP contribution in [0.15, 0.2) is 40.8 Å². The fourth-order valence-corrected chi connectivity index (χ4v) is 1.34. The molecule has 0 unspecified atom stereocenters. The Morgan fingerprint density at radius 2 is 1.80 bits per heavy atom. The summed E-state index contributed by atoms with van der Waals surface area (Å²) in [7, 11) is 0. The number of furan rings is 1. The lowest BCUT2D eigenvalue weighted by atomic mass is 10.1. The van der Waals surface area contributed by atoms with E-state index in [4.69, 9.17) is 4.42 Å². The molecular weight excluding hydrogens is 194 g/mol. The molecule has 0 spiro atoms. The largest absolute Gasteiger partial charge is 0.461 e. The Labute approximate surface area is 86.3 Å². The van der Waals surface area contributed by atoms with Gasteiger partial charge < -0.3 is 4.42 Å². The summed E-state index contributed by atoms with van der Waals surface area (Å²) in [5, 5.41) is 10.4. The van der Waals surface area contributed by atoms with Gasteiger partial charge in [-0.3, -0.25) is 10.1 Å². The summed E-state index contributed by atoms with van der Waals surface area (Å²) in [6, 6.07) is 9.99. The summed E-state index contributed by atoms with van der Waals surface area (Å²) in [5.74, 6) is 1.55. The molecule has 0 saturated heterocycles. The molecule has 2 rings (SSSR count). The van der Waals surface area contributed by atoms with Gasteiger partial charge in [0.2, 0.25) is 0 Å². The van der Waals surface area contributed by atoms with Crippen LogP contribution in [0.2, 0.25) is 0 Å². The molecule has 1 heterocycles. The van der Waals surface area contributed by atoms with Crippen molar-refractivity contribution in [1.82, 2.24) is 0 Å². The van der Waals surface area contributed by atoms with Gasteiger partial charge in [0.15, 0.2) is 0 Å². The molecule has 0 fully saturated rings. The topological polar surface area (TPSA) is 56.3 Å². The number of rotatable bonds is 2. The number of nitro groups is 1. The maximum Gasteiger partial charge on any atom is 0.269 e. The minimum absolute atomic E-state index is 0.0852. The average Bonchev–Trinajstić information content (AvgIpc) is 2.65. The molecule has 0 aliphatic rings. The van der Waals surface area contributed by atoms with E-state index < -0.39 is 4.92 Å². The van der Waals surface area contributed by atoms with E-state index in [0.29, 0.717) is 0 Å². The molecule has 76 valence electrons. The van der Waals surface area contributed by atoms with Crippen molar-refractivity contribution in [1.29, 1.82) is 0 Å². The van der Waals surface area contributed by atoms with Crippen molar-refractivity contribution in [2.24, 2.45) is 0 Å². The van der Waals surface area contributed by atoms with E-state index in [9.17, 15) is 10.1 Å². The van der Waals surface area contributed by atoms with Crippen LogP contribution >= 0.6 is 0 Å². The van der Waals surface area contributed by atoms with Crippen LogP contribution in [0.5, 0.6) is 0 Å². The Morgan fingerprint density at radius 3 is 2.27 bits per heavy atom. The zero-order chi connectivity index (χ0) is 10.8. The molecular formula is C11H9NO3. The van der Waals surface area contributed by atoms with E-state index in [0.717, 1.165) is 17.1 Å². The highest BCUT2D eigenvalue weighted by Gasteiger charge is 2.06. The van der Waals surface area contributed by atoms with E-state index in [-0.39, 0.29) is 5.69 Å². The molecule has 0 atom stereocenters. The van der Waals surface area contributed by atoms with Crippen LogP contribution in [0.25, 0.3) is 11.3 Å². The zero-order valence-corrected chi connectivity index (χ0v) is 8.14. The van der Waals surface area contributed by atoms with Crippen LogP contribution in [0, 0.1) is 17.0 Å². The third-order valence-corrected chi connectivity index (χ3v) is 2.10. The van der Waals surface area contributed by atoms with Gasteiger partial charge in [0.1, 0.15) is 11.5 Å². The molecule has 0 aliphatic carbocycles. The summed E-state index contributed by atoms with van der Waals surface area (Å²) in [5.41, 5.74) is 0.927. The van der Waals surface area contributed by atoms with Crippen molar-refractivity contribution >= 4 is 5.69 Å². The first-order valence-corrected chi connectivity index (χ1v) is 4.48. The lowest BCUT2D eigenvalue weighted by Crippen LogP contribution is -1.86. The van der Waals surface area contributed by atoms with Crippen LogP contribution < -0.4 is 0 Å². The monoisotopic (exact) mass is 203 g/mol. The number of nitro benzene ring substituents is 1. The molecule has 0 N–H and O–H groups in total. The highest BCUT2D eigenvalue weighted by atomic mass is 16.6. The van der Waals surface area contributed by atoms with E-state index in [1.54, 1.807) is 12.1 Å².